The van der Waals surface area contributed by atoms with Gasteiger partial charge in [0.15, 0.2) is 5.11 Å². The van der Waals surface area contributed by atoms with Crippen molar-refractivity contribution >= 4 is 23.0 Å². The molecule has 28 heavy (non-hydrogen) atoms. The SMILES string of the molecule is Cc1ccc(C[NH+]2[C@@H]3CCC[C@H]2CC(NC(=S)Nc2ccc(F)cc2)C3)cc1. The van der Waals surface area contributed by atoms with Gasteiger partial charge in [0.05, 0.1) is 12.1 Å². The van der Waals surface area contributed by atoms with Crippen molar-refractivity contribution in [3.8, 4) is 0 Å². The zero-order valence-electron chi connectivity index (χ0n) is 16.4. The number of piperidine rings is 2. The Labute approximate surface area is 172 Å². The molecule has 0 spiro atoms. The van der Waals surface area contributed by atoms with E-state index in [9.17, 15) is 4.39 Å². The lowest BCUT2D eigenvalue weighted by Gasteiger charge is -2.46. The number of thiocarbonyl (C=S) groups is 1. The summed E-state index contributed by atoms with van der Waals surface area (Å²) in [5, 5.41) is 7.34. The van der Waals surface area contributed by atoms with Crippen molar-refractivity contribution in [2.75, 3.05) is 5.32 Å². The van der Waals surface area contributed by atoms with E-state index in [4.69, 9.17) is 12.2 Å². The molecule has 2 fully saturated rings. The fraction of sp³-hybridized carbons (Fsp3) is 0.435. The Morgan fingerprint density at radius 1 is 1.04 bits per heavy atom. The Balaban J connectivity index is 1.35. The van der Waals surface area contributed by atoms with E-state index in [1.54, 1.807) is 17.0 Å². The molecule has 4 atom stereocenters. The number of aryl methyl sites for hydroxylation is 1. The van der Waals surface area contributed by atoms with Crippen LogP contribution in [0.4, 0.5) is 10.1 Å². The zero-order valence-corrected chi connectivity index (χ0v) is 17.2. The highest BCUT2D eigenvalue weighted by molar-refractivity contribution is 7.80. The first-order chi connectivity index (χ1) is 13.6. The van der Waals surface area contributed by atoms with Gasteiger partial charge in [-0.05, 0) is 62.7 Å². The number of anilines is 1. The van der Waals surface area contributed by atoms with Gasteiger partial charge in [-0.2, -0.15) is 0 Å². The second-order valence-corrected chi connectivity index (χ2v) is 8.74. The highest BCUT2D eigenvalue weighted by Gasteiger charge is 2.41. The van der Waals surface area contributed by atoms with Crippen LogP contribution in [0.3, 0.4) is 0 Å². The molecule has 2 bridgehead atoms. The highest BCUT2D eigenvalue weighted by atomic mass is 32.1. The first-order valence-electron chi connectivity index (χ1n) is 10.3. The summed E-state index contributed by atoms with van der Waals surface area (Å²) >= 11 is 5.51. The van der Waals surface area contributed by atoms with E-state index in [1.807, 2.05) is 0 Å². The molecule has 2 aromatic rings. The lowest BCUT2D eigenvalue weighted by Crippen LogP contribution is -3.20. The van der Waals surface area contributed by atoms with E-state index in [-0.39, 0.29) is 5.82 Å². The number of quaternary nitrogens is 1. The average molecular weight is 399 g/mol. The summed E-state index contributed by atoms with van der Waals surface area (Å²) in [5.74, 6) is -0.235. The number of hydrogen-bond acceptors (Lipinski definition) is 1. The standard InChI is InChI=1S/C23H28FN3S/c1-16-5-7-17(8-6-16)15-27-21-3-2-4-22(27)14-20(13-21)26-23(28)25-19-11-9-18(24)10-12-19/h5-12,20-22H,2-4,13-15H2,1H3,(H2,25,26,28)/p+1/t20?,21-,22+. The zero-order chi connectivity index (χ0) is 19.5. The highest BCUT2D eigenvalue weighted by Crippen LogP contribution is 2.23. The maximum Gasteiger partial charge on any atom is 0.171 e. The summed E-state index contributed by atoms with van der Waals surface area (Å²) < 4.78 is 13.1. The molecule has 4 rings (SSSR count). The summed E-state index contributed by atoms with van der Waals surface area (Å²) in [7, 11) is 0. The van der Waals surface area contributed by atoms with Crippen LogP contribution < -0.4 is 15.5 Å². The van der Waals surface area contributed by atoms with Crippen molar-refractivity contribution < 1.29 is 9.29 Å². The third-order valence-electron chi connectivity index (χ3n) is 6.26. The predicted molar refractivity (Wildman–Crippen MR) is 116 cm³/mol. The largest absolute Gasteiger partial charge is 0.359 e. The van der Waals surface area contributed by atoms with Gasteiger partial charge in [0, 0.05) is 30.1 Å². The minimum absolute atomic E-state index is 0.235. The summed E-state index contributed by atoms with van der Waals surface area (Å²) in [5.41, 5.74) is 3.59. The van der Waals surface area contributed by atoms with Crippen LogP contribution in [0.15, 0.2) is 48.5 Å². The normalized spacial score (nSPS) is 26.5. The van der Waals surface area contributed by atoms with Crippen molar-refractivity contribution in [3.63, 3.8) is 0 Å². The lowest BCUT2D eigenvalue weighted by molar-refractivity contribution is -0.973. The number of hydrogen-bond donors (Lipinski definition) is 3. The van der Waals surface area contributed by atoms with Gasteiger partial charge in [-0.3, -0.25) is 0 Å². The summed E-state index contributed by atoms with van der Waals surface area (Å²) in [6, 6.07) is 17.1. The first kappa shape index (κ1) is 19.3. The molecule has 2 heterocycles. The van der Waals surface area contributed by atoms with E-state index in [0.717, 1.165) is 25.1 Å². The predicted octanol–water partition coefficient (Wildman–Crippen LogP) is 3.59. The van der Waals surface area contributed by atoms with Crippen molar-refractivity contribution in [1.29, 1.82) is 0 Å². The number of nitrogens with one attached hydrogen (secondary N) is 3. The van der Waals surface area contributed by atoms with Crippen LogP contribution in [0.2, 0.25) is 0 Å². The number of rotatable bonds is 4. The van der Waals surface area contributed by atoms with E-state index >= 15 is 0 Å². The molecule has 148 valence electrons. The van der Waals surface area contributed by atoms with Crippen molar-refractivity contribution in [2.45, 2.75) is 63.7 Å². The van der Waals surface area contributed by atoms with Gasteiger partial charge in [-0.15, -0.1) is 0 Å². The smallest absolute Gasteiger partial charge is 0.171 e. The average Bonchev–Trinajstić information content (AvgIpc) is 2.66. The summed E-state index contributed by atoms with van der Waals surface area (Å²) in [4.78, 5) is 1.76. The van der Waals surface area contributed by atoms with Gasteiger partial charge >= 0.3 is 0 Å². The van der Waals surface area contributed by atoms with Gasteiger partial charge in [0.2, 0.25) is 0 Å². The number of benzene rings is 2. The second-order valence-electron chi connectivity index (χ2n) is 8.34. The maximum atomic E-state index is 13.1. The quantitative estimate of drug-likeness (QED) is 0.688. The Morgan fingerprint density at radius 3 is 2.32 bits per heavy atom. The summed E-state index contributed by atoms with van der Waals surface area (Å²) in [6.45, 7) is 3.27. The first-order valence-corrected chi connectivity index (χ1v) is 10.7. The molecular weight excluding hydrogens is 369 g/mol. The van der Waals surface area contributed by atoms with E-state index in [0.29, 0.717) is 23.2 Å². The molecule has 3 N–H and O–H groups in total. The van der Waals surface area contributed by atoms with Gasteiger partial charge in [0.1, 0.15) is 12.4 Å². The molecule has 3 nitrogen and oxygen atoms in total. The van der Waals surface area contributed by atoms with Crippen LogP contribution in [0.5, 0.6) is 0 Å². The maximum absolute atomic E-state index is 13.1. The van der Waals surface area contributed by atoms with Crippen molar-refractivity contribution in [2.24, 2.45) is 0 Å². The molecule has 2 aliphatic heterocycles. The van der Waals surface area contributed by atoms with Gasteiger partial charge in [-0.1, -0.05) is 29.8 Å². The van der Waals surface area contributed by atoms with E-state index in [2.05, 4.69) is 41.8 Å². The summed E-state index contributed by atoms with van der Waals surface area (Å²) in [6.07, 6.45) is 6.26. The number of fused-ring (bicyclic) bond motifs is 2. The number of halogens is 1. The van der Waals surface area contributed by atoms with E-state index < -0.39 is 0 Å². The van der Waals surface area contributed by atoms with Crippen LogP contribution >= 0.6 is 12.2 Å². The molecule has 0 aromatic heterocycles. The van der Waals surface area contributed by atoms with E-state index in [1.165, 1.54) is 42.5 Å². The van der Waals surface area contributed by atoms with Gasteiger partial charge < -0.3 is 15.5 Å². The third kappa shape index (κ3) is 4.70. The fourth-order valence-corrected chi connectivity index (χ4v) is 5.15. The topological polar surface area (TPSA) is 28.5 Å². The molecule has 0 aliphatic carbocycles. The van der Waals surface area contributed by atoms with Crippen LogP contribution in [0, 0.1) is 12.7 Å². The monoisotopic (exact) mass is 398 g/mol. The second kappa shape index (κ2) is 8.58. The Hall–Kier alpha value is -1.98. The van der Waals surface area contributed by atoms with Crippen LogP contribution in [-0.2, 0) is 6.54 Å². The third-order valence-corrected chi connectivity index (χ3v) is 6.48. The molecule has 0 saturated carbocycles. The minimum Gasteiger partial charge on any atom is -0.359 e. The Bertz CT molecular complexity index is 792. The Morgan fingerprint density at radius 2 is 1.68 bits per heavy atom. The Kier molecular flexibility index (Phi) is 5.93. The van der Waals surface area contributed by atoms with Crippen molar-refractivity contribution in [3.05, 3.63) is 65.5 Å². The molecule has 2 saturated heterocycles. The van der Waals surface area contributed by atoms with Crippen LogP contribution in [0.25, 0.3) is 0 Å². The molecule has 0 amide bonds. The minimum atomic E-state index is -0.235. The fourth-order valence-electron chi connectivity index (χ4n) is 4.87. The molecule has 2 aromatic carbocycles. The van der Waals surface area contributed by atoms with Crippen molar-refractivity contribution in [1.82, 2.24) is 5.32 Å². The van der Waals surface area contributed by atoms with Gasteiger partial charge in [0.25, 0.3) is 0 Å². The van der Waals surface area contributed by atoms with Crippen LogP contribution in [-0.4, -0.2) is 23.2 Å². The van der Waals surface area contributed by atoms with Crippen LogP contribution in [0.1, 0.15) is 43.2 Å². The molecule has 5 heteroatoms. The molecule has 2 unspecified atom stereocenters. The van der Waals surface area contributed by atoms with Gasteiger partial charge in [-0.25, -0.2) is 4.39 Å². The molecule has 0 radical (unpaired) electrons. The lowest BCUT2D eigenvalue weighted by atomic mass is 9.81. The molecular formula is C23H29FN3S+. The molecule has 2 aliphatic rings.